The number of carbonyl (C=O) groups is 1. The van der Waals surface area contributed by atoms with Crippen LogP contribution in [0.5, 0.6) is 5.75 Å². The van der Waals surface area contributed by atoms with Gasteiger partial charge in [0.15, 0.2) is 0 Å². The van der Waals surface area contributed by atoms with Crippen LogP contribution in [0.25, 0.3) is 11.3 Å². The lowest BCUT2D eigenvalue weighted by Crippen LogP contribution is -2.28. The quantitative estimate of drug-likeness (QED) is 0.885. The van der Waals surface area contributed by atoms with Crippen LogP contribution < -0.4 is 10.1 Å². The van der Waals surface area contributed by atoms with E-state index in [4.69, 9.17) is 14.2 Å². The van der Waals surface area contributed by atoms with Gasteiger partial charge in [0.2, 0.25) is 0 Å². The second-order valence-electron chi connectivity index (χ2n) is 3.97. The van der Waals surface area contributed by atoms with E-state index in [-0.39, 0.29) is 0 Å². The molecular weight excluding hydrogens is 246 g/mol. The molecule has 0 aliphatic heterocycles. The smallest absolute Gasteiger partial charge is 0.407 e. The molecule has 2 rings (SSSR count). The van der Waals surface area contributed by atoms with Gasteiger partial charge in [0.25, 0.3) is 0 Å². The van der Waals surface area contributed by atoms with Crippen LogP contribution in [0.1, 0.15) is 18.1 Å². The first-order chi connectivity index (χ1) is 9.22. The molecule has 19 heavy (non-hydrogen) atoms. The highest BCUT2D eigenvalue weighted by atomic mass is 16.5. The van der Waals surface area contributed by atoms with E-state index in [1.54, 1.807) is 21.1 Å². The number of alkyl carbamates (subject to hydrolysis) is 1. The highest BCUT2D eigenvalue weighted by Crippen LogP contribution is 2.45. The predicted molar refractivity (Wildman–Crippen MR) is 71.8 cm³/mol. The fourth-order valence-electron chi connectivity index (χ4n) is 2.14. The summed E-state index contributed by atoms with van der Waals surface area (Å²) in [6.45, 7) is 2.50. The molecule has 1 aliphatic rings. The first-order valence-corrected chi connectivity index (χ1v) is 6.08. The van der Waals surface area contributed by atoms with Crippen molar-refractivity contribution in [2.45, 2.75) is 6.92 Å². The van der Waals surface area contributed by atoms with E-state index in [0.29, 0.717) is 13.2 Å². The molecule has 0 aromatic heterocycles. The Morgan fingerprint density at radius 3 is 2.68 bits per heavy atom. The van der Waals surface area contributed by atoms with Gasteiger partial charge in [-0.3, -0.25) is 0 Å². The molecule has 1 aliphatic carbocycles. The zero-order valence-corrected chi connectivity index (χ0v) is 11.3. The number of fused-ring (bicyclic) bond motifs is 1. The molecule has 0 bridgehead atoms. The van der Waals surface area contributed by atoms with E-state index in [1.165, 1.54) is 0 Å². The summed E-state index contributed by atoms with van der Waals surface area (Å²) >= 11 is 0. The molecule has 1 aromatic carbocycles. The number of carbonyl (C=O) groups excluding carboxylic acids is 1. The molecule has 5 heteroatoms. The minimum Gasteiger partial charge on any atom is -0.496 e. The van der Waals surface area contributed by atoms with Crippen LogP contribution in [0.15, 0.2) is 18.2 Å². The van der Waals surface area contributed by atoms with Gasteiger partial charge in [-0.2, -0.15) is 0 Å². The summed E-state index contributed by atoms with van der Waals surface area (Å²) in [5.41, 5.74) is 2.94. The molecule has 0 radical (unpaired) electrons. The molecule has 1 amide bonds. The van der Waals surface area contributed by atoms with E-state index in [0.717, 1.165) is 28.2 Å². The van der Waals surface area contributed by atoms with Gasteiger partial charge < -0.3 is 19.5 Å². The molecule has 0 saturated carbocycles. The van der Waals surface area contributed by atoms with E-state index >= 15 is 0 Å². The average Bonchev–Trinajstić information content (AvgIpc) is 2.40. The van der Waals surface area contributed by atoms with Gasteiger partial charge in [0.1, 0.15) is 11.5 Å². The molecule has 0 heterocycles. The first kappa shape index (κ1) is 13.3. The van der Waals surface area contributed by atoms with Gasteiger partial charge >= 0.3 is 6.09 Å². The van der Waals surface area contributed by atoms with Crippen LogP contribution >= 0.6 is 0 Å². The van der Waals surface area contributed by atoms with Crippen molar-refractivity contribution in [2.75, 3.05) is 27.4 Å². The number of nitrogens with one attached hydrogen (secondary N) is 1. The van der Waals surface area contributed by atoms with Gasteiger partial charge in [0, 0.05) is 5.57 Å². The SMILES string of the molecule is CCOC(=O)NCC1=C(OC)c2c(OC)cccc21. The lowest BCUT2D eigenvalue weighted by Gasteiger charge is -2.28. The fraction of sp³-hybridized carbons (Fsp3) is 0.357. The second-order valence-corrected chi connectivity index (χ2v) is 3.97. The standard InChI is InChI=1S/C14H17NO4/c1-4-19-14(16)15-8-10-9-6-5-7-11(17-2)12(9)13(10)18-3/h5-7H,4,8H2,1-3H3,(H,15,16). The Hall–Kier alpha value is -2.17. The summed E-state index contributed by atoms with van der Waals surface area (Å²) in [7, 11) is 3.23. The number of methoxy groups -OCH3 is 2. The van der Waals surface area contributed by atoms with Crippen LogP contribution in [-0.4, -0.2) is 33.5 Å². The van der Waals surface area contributed by atoms with Crippen LogP contribution in [-0.2, 0) is 9.47 Å². The second kappa shape index (κ2) is 5.65. The minimum absolute atomic E-state index is 0.354. The van der Waals surface area contributed by atoms with Gasteiger partial charge in [-0.05, 0) is 18.6 Å². The predicted octanol–water partition coefficient (Wildman–Crippen LogP) is 2.27. The summed E-state index contributed by atoms with van der Waals surface area (Å²) in [6, 6.07) is 5.77. The lowest BCUT2D eigenvalue weighted by molar-refractivity contribution is 0.153. The Kier molecular flexibility index (Phi) is 3.94. The average molecular weight is 263 g/mol. The Morgan fingerprint density at radius 1 is 1.26 bits per heavy atom. The van der Waals surface area contributed by atoms with Crippen LogP contribution in [0.2, 0.25) is 0 Å². The number of ether oxygens (including phenoxy) is 3. The van der Waals surface area contributed by atoms with Crippen molar-refractivity contribution in [3.05, 3.63) is 29.3 Å². The zero-order valence-electron chi connectivity index (χ0n) is 11.3. The first-order valence-electron chi connectivity index (χ1n) is 6.08. The molecule has 0 spiro atoms. The zero-order chi connectivity index (χ0) is 13.8. The maximum absolute atomic E-state index is 11.3. The molecule has 0 atom stereocenters. The van der Waals surface area contributed by atoms with E-state index in [1.807, 2.05) is 18.2 Å². The third-order valence-electron chi connectivity index (χ3n) is 2.96. The highest BCUT2D eigenvalue weighted by molar-refractivity contribution is 6.04. The van der Waals surface area contributed by atoms with Gasteiger partial charge in [0.05, 0.1) is 32.9 Å². The van der Waals surface area contributed by atoms with E-state index in [9.17, 15) is 4.79 Å². The van der Waals surface area contributed by atoms with Crippen molar-refractivity contribution in [1.82, 2.24) is 5.32 Å². The number of hydrogen-bond acceptors (Lipinski definition) is 4. The van der Waals surface area contributed by atoms with E-state index < -0.39 is 6.09 Å². The van der Waals surface area contributed by atoms with Gasteiger partial charge in [-0.1, -0.05) is 12.1 Å². The highest BCUT2D eigenvalue weighted by Gasteiger charge is 2.30. The fourth-order valence-corrected chi connectivity index (χ4v) is 2.14. The largest absolute Gasteiger partial charge is 0.496 e. The molecule has 0 saturated heterocycles. The molecule has 1 N–H and O–H groups in total. The van der Waals surface area contributed by atoms with Crippen molar-refractivity contribution in [3.63, 3.8) is 0 Å². The van der Waals surface area contributed by atoms with Crippen molar-refractivity contribution in [2.24, 2.45) is 0 Å². The summed E-state index contributed by atoms with van der Waals surface area (Å²) < 4.78 is 15.5. The molecule has 102 valence electrons. The van der Waals surface area contributed by atoms with Crippen LogP contribution in [0.3, 0.4) is 0 Å². The summed E-state index contributed by atoms with van der Waals surface area (Å²) in [6.07, 6.45) is -0.429. The van der Waals surface area contributed by atoms with Gasteiger partial charge in [-0.25, -0.2) is 4.79 Å². The third kappa shape index (κ3) is 2.36. The van der Waals surface area contributed by atoms with Crippen LogP contribution in [0, 0.1) is 0 Å². The van der Waals surface area contributed by atoms with Crippen molar-refractivity contribution >= 4 is 17.4 Å². The summed E-state index contributed by atoms with van der Waals surface area (Å²) in [5, 5.41) is 2.69. The normalized spacial score (nSPS) is 12.4. The number of benzene rings is 1. The Bertz CT molecular complexity index is 522. The summed E-state index contributed by atoms with van der Waals surface area (Å²) in [4.78, 5) is 11.3. The Morgan fingerprint density at radius 2 is 2.05 bits per heavy atom. The molecule has 0 unspecified atom stereocenters. The van der Waals surface area contributed by atoms with Crippen molar-refractivity contribution in [3.8, 4) is 5.75 Å². The Balaban J connectivity index is 2.15. The van der Waals surface area contributed by atoms with Gasteiger partial charge in [-0.15, -0.1) is 0 Å². The third-order valence-corrected chi connectivity index (χ3v) is 2.96. The molecule has 0 fully saturated rings. The maximum Gasteiger partial charge on any atom is 0.407 e. The lowest BCUT2D eigenvalue weighted by atomic mass is 9.85. The molecular formula is C14H17NO4. The minimum atomic E-state index is -0.429. The molecule has 5 nitrogen and oxygen atoms in total. The van der Waals surface area contributed by atoms with Crippen LogP contribution in [0.4, 0.5) is 4.79 Å². The van der Waals surface area contributed by atoms with Crippen molar-refractivity contribution in [1.29, 1.82) is 0 Å². The number of hydrogen-bond donors (Lipinski definition) is 1. The maximum atomic E-state index is 11.3. The molecule has 1 aromatic rings. The number of amides is 1. The summed E-state index contributed by atoms with van der Waals surface area (Å²) in [5.74, 6) is 1.53. The number of rotatable bonds is 5. The topological polar surface area (TPSA) is 56.8 Å². The Labute approximate surface area is 112 Å². The van der Waals surface area contributed by atoms with Crippen molar-refractivity contribution < 1.29 is 19.0 Å². The van der Waals surface area contributed by atoms with E-state index in [2.05, 4.69) is 5.32 Å². The monoisotopic (exact) mass is 263 g/mol.